The standard InChI is InChI=1S/C25H30ClN5O3S/c1-17(32)30-12-9-25(15-30)16-31(24(34)28-23-27-14-21(26)35-23)20-8-7-18(13-19(20)25)5-2-3-6-22(33)29-10-4-11-29/h7-8,13-14H,2-6,9-12,15-16H2,1H3,(H,27,28,34). The number of aromatic nitrogens is 1. The minimum Gasteiger partial charge on any atom is -0.343 e. The summed E-state index contributed by atoms with van der Waals surface area (Å²) < 4.78 is 0.516. The molecule has 0 saturated carbocycles. The molecule has 1 N–H and O–H groups in total. The van der Waals surface area contributed by atoms with Gasteiger partial charge in [0.1, 0.15) is 4.34 Å². The second-order valence-electron chi connectivity index (χ2n) is 9.75. The first kappa shape index (κ1) is 24.1. The van der Waals surface area contributed by atoms with E-state index in [0.717, 1.165) is 56.4 Å². The molecule has 2 aromatic rings. The number of anilines is 2. The summed E-state index contributed by atoms with van der Waals surface area (Å²) in [7, 11) is 0. The molecule has 2 saturated heterocycles. The van der Waals surface area contributed by atoms with Crippen LogP contribution in [0, 0.1) is 0 Å². The topological polar surface area (TPSA) is 85.9 Å². The van der Waals surface area contributed by atoms with Crippen molar-refractivity contribution in [3.8, 4) is 0 Å². The van der Waals surface area contributed by atoms with Gasteiger partial charge in [-0.05, 0) is 49.3 Å². The molecule has 1 unspecified atom stereocenters. The number of carbonyl (C=O) groups excluding carboxylic acids is 3. The third-order valence-corrected chi connectivity index (χ3v) is 8.46. The zero-order valence-electron chi connectivity index (χ0n) is 19.9. The summed E-state index contributed by atoms with van der Waals surface area (Å²) in [6.45, 7) is 5.23. The van der Waals surface area contributed by atoms with Gasteiger partial charge in [-0.25, -0.2) is 9.78 Å². The Balaban J connectivity index is 1.31. The molecule has 4 heterocycles. The molecular formula is C25H30ClN5O3S. The Hall–Kier alpha value is -2.65. The number of amides is 4. The predicted molar refractivity (Wildman–Crippen MR) is 137 cm³/mol. The van der Waals surface area contributed by atoms with Crippen molar-refractivity contribution in [2.75, 3.05) is 42.9 Å². The highest BCUT2D eigenvalue weighted by molar-refractivity contribution is 7.19. The number of urea groups is 1. The highest BCUT2D eigenvalue weighted by Crippen LogP contribution is 2.47. The van der Waals surface area contributed by atoms with E-state index in [2.05, 4.69) is 22.4 Å². The van der Waals surface area contributed by atoms with Crippen molar-refractivity contribution in [3.05, 3.63) is 39.9 Å². The van der Waals surface area contributed by atoms with Gasteiger partial charge in [-0.15, -0.1) is 0 Å². The number of carbonyl (C=O) groups is 3. The van der Waals surface area contributed by atoms with E-state index in [4.69, 9.17) is 11.6 Å². The Morgan fingerprint density at radius 1 is 1.14 bits per heavy atom. The Morgan fingerprint density at radius 2 is 1.97 bits per heavy atom. The molecule has 10 heteroatoms. The van der Waals surface area contributed by atoms with E-state index >= 15 is 0 Å². The Kier molecular flexibility index (Phi) is 6.72. The number of unbranched alkanes of at least 4 members (excludes halogenated alkanes) is 1. The van der Waals surface area contributed by atoms with Gasteiger partial charge in [0.2, 0.25) is 11.8 Å². The van der Waals surface area contributed by atoms with Crippen LogP contribution in [0.2, 0.25) is 4.34 Å². The van der Waals surface area contributed by atoms with E-state index in [1.165, 1.54) is 23.1 Å². The van der Waals surface area contributed by atoms with E-state index in [9.17, 15) is 14.4 Å². The number of hydrogen-bond donors (Lipinski definition) is 1. The maximum absolute atomic E-state index is 13.2. The number of nitrogens with zero attached hydrogens (tertiary/aromatic N) is 4. The van der Waals surface area contributed by atoms with Crippen LogP contribution in [0.1, 0.15) is 50.2 Å². The highest BCUT2D eigenvalue weighted by Gasteiger charge is 2.49. The Bertz CT molecular complexity index is 1150. The summed E-state index contributed by atoms with van der Waals surface area (Å²) in [5.74, 6) is 0.328. The van der Waals surface area contributed by atoms with Crippen LogP contribution in [0.3, 0.4) is 0 Å². The number of hydrogen-bond acceptors (Lipinski definition) is 5. The number of fused-ring (bicyclic) bond motifs is 2. The van der Waals surface area contributed by atoms with Crippen molar-refractivity contribution >= 4 is 51.6 Å². The van der Waals surface area contributed by atoms with E-state index < -0.39 is 0 Å². The van der Waals surface area contributed by atoms with Crippen molar-refractivity contribution in [1.29, 1.82) is 0 Å². The van der Waals surface area contributed by atoms with Gasteiger partial charge in [-0.3, -0.25) is 19.8 Å². The van der Waals surface area contributed by atoms with Gasteiger partial charge in [0.25, 0.3) is 0 Å². The monoisotopic (exact) mass is 515 g/mol. The van der Waals surface area contributed by atoms with E-state index in [1.807, 2.05) is 15.9 Å². The van der Waals surface area contributed by atoms with E-state index in [-0.39, 0.29) is 23.3 Å². The van der Waals surface area contributed by atoms with Crippen LogP contribution in [0.5, 0.6) is 0 Å². The number of nitrogens with one attached hydrogen (secondary N) is 1. The third kappa shape index (κ3) is 4.89. The van der Waals surface area contributed by atoms with E-state index in [1.54, 1.807) is 11.8 Å². The maximum Gasteiger partial charge on any atom is 0.328 e. The largest absolute Gasteiger partial charge is 0.343 e. The summed E-state index contributed by atoms with van der Waals surface area (Å²) >= 11 is 7.20. The minimum atomic E-state index is -0.275. The van der Waals surface area contributed by atoms with Crippen LogP contribution in [0.25, 0.3) is 0 Å². The third-order valence-electron chi connectivity index (χ3n) is 7.43. The predicted octanol–water partition coefficient (Wildman–Crippen LogP) is 4.28. The lowest BCUT2D eigenvalue weighted by Crippen LogP contribution is -2.41. The fourth-order valence-corrected chi connectivity index (χ4v) is 6.15. The molecular weight excluding hydrogens is 486 g/mol. The minimum absolute atomic E-state index is 0.0618. The van der Waals surface area contributed by atoms with Crippen molar-refractivity contribution in [3.63, 3.8) is 0 Å². The van der Waals surface area contributed by atoms with Crippen molar-refractivity contribution < 1.29 is 14.4 Å². The number of rotatable bonds is 6. The second kappa shape index (κ2) is 9.78. The molecule has 8 nitrogen and oxygen atoms in total. The molecule has 3 aliphatic rings. The van der Waals surface area contributed by atoms with Gasteiger partial charge in [-0.1, -0.05) is 35.1 Å². The van der Waals surface area contributed by atoms with E-state index in [0.29, 0.717) is 35.5 Å². The first-order chi connectivity index (χ1) is 16.8. The summed E-state index contributed by atoms with van der Waals surface area (Å²) in [5, 5.41) is 3.33. The van der Waals surface area contributed by atoms with Gasteiger partial charge in [0.05, 0.1) is 6.20 Å². The quantitative estimate of drug-likeness (QED) is 0.582. The van der Waals surface area contributed by atoms with Crippen molar-refractivity contribution in [2.24, 2.45) is 0 Å². The average molecular weight is 516 g/mol. The van der Waals surface area contributed by atoms with Gasteiger partial charge < -0.3 is 9.80 Å². The fourth-order valence-electron chi connectivity index (χ4n) is 5.34. The molecule has 3 aliphatic heterocycles. The van der Waals surface area contributed by atoms with Crippen LogP contribution in [-0.2, 0) is 21.4 Å². The molecule has 1 aromatic heterocycles. The summed E-state index contributed by atoms with van der Waals surface area (Å²) in [6, 6.07) is 6.07. The zero-order chi connectivity index (χ0) is 24.6. The van der Waals surface area contributed by atoms with Crippen LogP contribution < -0.4 is 10.2 Å². The van der Waals surface area contributed by atoms with Crippen molar-refractivity contribution in [2.45, 2.75) is 50.9 Å². The molecule has 0 bridgehead atoms. The second-order valence-corrected chi connectivity index (χ2v) is 11.4. The summed E-state index contributed by atoms with van der Waals surface area (Å²) in [4.78, 5) is 47.2. The molecule has 4 amide bonds. The van der Waals surface area contributed by atoms with Crippen LogP contribution in [-0.4, -0.2) is 65.4 Å². The smallest absolute Gasteiger partial charge is 0.328 e. The SMILES string of the molecule is CC(=O)N1CCC2(C1)CN(C(=O)Nc1ncc(Cl)s1)c1ccc(CCCCC(=O)N3CCC3)cc12. The molecule has 35 heavy (non-hydrogen) atoms. The lowest BCUT2D eigenvalue weighted by molar-refractivity contribution is -0.134. The lowest BCUT2D eigenvalue weighted by atomic mass is 9.80. The number of halogens is 1. The van der Waals surface area contributed by atoms with Gasteiger partial charge in [0.15, 0.2) is 5.13 Å². The fraction of sp³-hybridized carbons (Fsp3) is 0.520. The first-order valence-corrected chi connectivity index (χ1v) is 13.4. The van der Waals surface area contributed by atoms with Gasteiger partial charge >= 0.3 is 6.03 Å². The normalized spacial score (nSPS) is 20.8. The Morgan fingerprint density at radius 3 is 2.63 bits per heavy atom. The van der Waals surface area contributed by atoms with Crippen LogP contribution >= 0.6 is 22.9 Å². The molecule has 0 radical (unpaired) electrons. The van der Waals surface area contributed by atoms with Gasteiger partial charge in [-0.2, -0.15) is 0 Å². The highest BCUT2D eigenvalue weighted by atomic mass is 35.5. The zero-order valence-corrected chi connectivity index (χ0v) is 21.5. The first-order valence-electron chi connectivity index (χ1n) is 12.2. The molecule has 1 atom stereocenters. The molecule has 186 valence electrons. The average Bonchev–Trinajstić information content (AvgIpc) is 3.48. The molecule has 1 spiro atoms. The lowest BCUT2D eigenvalue weighted by Gasteiger charge is -2.30. The van der Waals surface area contributed by atoms with Crippen LogP contribution in [0.4, 0.5) is 15.6 Å². The maximum atomic E-state index is 13.2. The number of likely N-dealkylation sites (tertiary alicyclic amines) is 2. The molecule has 1 aromatic carbocycles. The number of thiazole rings is 1. The number of aryl methyl sites for hydroxylation is 1. The number of benzene rings is 1. The van der Waals surface area contributed by atoms with Crippen molar-refractivity contribution in [1.82, 2.24) is 14.8 Å². The molecule has 2 fully saturated rings. The molecule has 5 rings (SSSR count). The van der Waals surface area contributed by atoms with Gasteiger partial charge in [0, 0.05) is 57.2 Å². The Labute approximate surface area is 214 Å². The van der Waals surface area contributed by atoms with Crippen LogP contribution in [0.15, 0.2) is 24.4 Å². The summed E-state index contributed by atoms with van der Waals surface area (Å²) in [5.41, 5.74) is 2.94. The summed E-state index contributed by atoms with van der Waals surface area (Å²) in [6.07, 6.45) is 6.78. The molecule has 0 aliphatic carbocycles.